The van der Waals surface area contributed by atoms with Crippen molar-refractivity contribution in [2.45, 2.75) is 19.8 Å². The van der Waals surface area contributed by atoms with Crippen molar-refractivity contribution in [1.82, 2.24) is 0 Å². The Labute approximate surface area is 173 Å². The normalized spacial score (nSPS) is 12.9. The first kappa shape index (κ1) is 22.8. The first-order valence-electron chi connectivity index (χ1n) is 9.65. The molecule has 0 saturated carbocycles. The van der Waals surface area contributed by atoms with Gasteiger partial charge in [-0.1, -0.05) is 12.1 Å². The van der Waals surface area contributed by atoms with Gasteiger partial charge >= 0.3 is 0 Å². The molecular formula is C23H32O6. The van der Waals surface area contributed by atoms with Crippen molar-refractivity contribution in [2.75, 3.05) is 41.7 Å². The van der Waals surface area contributed by atoms with E-state index in [2.05, 4.69) is 0 Å². The molecule has 0 aliphatic heterocycles. The van der Waals surface area contributed by atoms with Crippen LogP contribution in [0.4, 0.5) is 0 Å². The van der Waals surface area contributed by atoms with Crippen molar-refractivity contribution in [3.8, 4) is 23.0 Å². The molecule has 0 bridgehead atoms. The van der Waals surface area contributed by atoms with Gasteiger partial charge in [-0.25, -0.2) is 0 Å². The van der Waals surface area contributed by atoms with E-state index in [0.717, 1.165) is 16.7 Å². The van der Waals surface area contributed by atoms with E-state index in [1.807, 2.05) is 37.3 Å². The van der Waals surface area contributed by atoms with Crippen molar-refractivity contribution < 1.29 is 29.2 Å². The first-order chi connectivity index (χ1) is 14.0. The highest BCUT2D eigenvalue weighted by Crippen LogP contribution is 2.34. The van der Waals surface area contributed by atoms with Crippen LogP contribution < -0.4 is 18.9 Å². The number of rotatable bonds is 11. The SMILES string of the molecule is COc1ccc(CC(CO)C(CO)Cc2cc(C)c(OC)c(OC)c2)cc1OC. The molecule has 0 saturated heterocycles. The molecule has 0 aromatic heterocycles. The van der Waals surface area contributed by atoms with Gasteiger partial charge in [0.05, 0.1) is 28.4 Å². The number of aryl methyl sites for hydroxylation is 1. The molecule has 6 heteroatoms. The van der Waals surface area contributed by atoms with Crippen LogP contribution in [0.3, 0.4) is 0 Å². The van der Waals surface area contributed by atoms with Gasteiger partial charge in [-0.3, -0.25) is 0 Å². The number of aliphatic hydroxyl groups excluding tert-OH is 2. The second-order valence-electron chi connectivity index (χ2n) is 7.13. The summed E-state index contributed by atoms with van der Waals surface area (Å²) < 4.78 is 21.5. The average molecular weight is 405 g/mol. The van der Waals surface area contributed by atoms with E-state index in [0.29, 0.717) is 35.8 Å². The third kappa shape index (κ3) is 5.55. The molecule has 2 aromatic carbocycles. The van der Waals surface area contributed by atoms with Crippen molar-refractivity contribution in [1.29, 1.82) is 0 Å². The number of ether oxygens (including phenoxy) is 4. The summed E-state index contributed by atoms with van der Waals surface area (Å²) in [7, 11) is 6.42. The summed E-state index contributed by atoms with van der Waals surface area (Å²) in [5.41, 5.74) is 3.02. The predicted molar refractivity (Wildman–Crippen MR) is 112 cm³/mol. The molecule has 2 atom stereocenters. The van der Waals surface area contributed by atoms with Gasteiger partial charge < -0.3 is 29.2 Å². The quantitative estimate of drug-likeness (QED) is 0.600. The van der Waals surface area contributed by atoms with Crippen molar-refractivity contribution >= 4 is 0 Å². The smallest absolute Gasteiger partial charge is 0.163 e. The van der Waals surface area contributed by atoms with Crippen molar-refractivity contribution in [3.63, 3.8) is 0 Å². The molecule has 2 unspecified atom stereocenters. The zero-order chi connectivity index (χ0) is 21.4. The number of hydrogen-bond acceptors (Lipinski definition) is 6. The Hall–Kier alpha value is -2.44. The van der Waals surface area contributed by atoms with E-state index in [-0.39, 0.29) is 25.0 Å². The van der Waals surface area contributed by atoms with Crippen LogP contribution in [-0.4, -0.2) is 51.9 Å². The maximum atomic E-state index is 10.0. The highest BCUT2D eigenvalue weighted by Gasteiger charge is 2.23. The fourth-order valence-electron chi connectivity index (χ4n) is 3.72. The number of benzene rings is 2. The summed E-state index contributed by atoms with van der Waals surface area (Å²) in [6.45, 7) is 1.92. The van der Waals surface area contributed by atoms with Gasteiger partial charge in [0.1, 0.15) is 0 Å². The Bertz CT molecular complexity index is 789. The van der Waals surface area contributed by atoms with E-state index in [1.54, 1.807) is 28.4 Å². The van der Waals surface area contributed by atoms with E-state index in [1.165, 1.54) is 0 Å². The van der Waals surface area contributed by atoms with Crippen molar-refractivity contribution in [2.24, 2.45) is 11.8 Å². The van der Waals surface area contributed by atoms with Gasteiger partial charge in [0.2, 0.25) is 0 Å². The molecule has 0 amide bonds. The Morgan fingerprint density at radius 1 is 0.690 bits per heavy atom. The molecule has 0 spiro atoms. The molecule has 2 rings (SSSR count). The molecule has 0 fully saturated rings. The Morgan fingerprint density at radius 3 is 1.76 bits per heavy atom. The largest absolute Gasteiger partial charge is 0.493 e. The van der Waals surface area contributed by atoms with Gasteiger partial charge in [0.25, 0.3) is 0 Å². The van der Waals surface area contributed by atoms with Crippen LogP contribution in [0.5, 0.6) is 23.0 Å². The summed E-state index contributed by atoms with van der Waals surface area (Å²) in [4.78, 5) is 0. The fourth-order valence-corrected chi connectivity index (χ4v) is 3.72. The van der Waals surface area contributed by atoms with E-state index in [4.69, 9.17) is 18.9 Å². The molecule has 2 aromatic rings. The van der Waals surface area contributed by atoms with Crippen LogP contribution in [-0.2, 0) is 12.8 Å². The maximum absolute atomic E-state index is 10.0. The van der Waals surface area contributed by atoms with Crippen LogP contribution in [0.15, 0.2) is 30.3 Å². The van der Waals surface area contributed by atoms with E-state index >= 15 is 0 Å². The van der Waals surface area contributed by atoms with Gasteiger partial charge in [0.15, 0.2) is 23.0 Å². The number of methoxy groups -OCH3 is 4. The monoisotopic (exact) mass is 404 g/mol. The van der Waals surface area contributed by atoms with E-state index < -0.39 is 0 Å². The third-order valence-electron chi connectivity index (χ3n) is 5.30. The molecule has 2 N–H and O–H groups in total. The number of aliphatic hydroxyl groups is 2. The van der Waals surface area contributed by atoms with Crippen molar-refractivity contribution in [3.05, 3.63) is 47.0 Å². The molecule has 0 aliphatic carbocycles. The van der Waals surface area contributed by atoms with E-state index in [9.17, 15) is 10.2 Å². The molecule has 0 radical (unpaired) electrons. The predicted octanol–water partition coefficient (Wildman–Crippen LogP) is 3.03. The molecular weight excluding hydrogens is 372 g/mol. The highest BCUT2D eigenvalue weighted by molar-refractivity contribution is 5.49. The van der Waals surface area contributed by atoms with Crippen LogP contribution >= 0.6 is 0 Å². The summed E-state index contributed by atoms with van der Waals surface area (Å²) in [6.07, 6.45) is 1.24. The van der Waals surface area contributed by atoms with Crippen LogP contribution in [0.25, 0.3) is 0 Å². The Morgan fingerprint density at radius 2 is 1.24 bits per heavy atom. The Kier molecular flexibility index (Phi) is 8.61. The molecule has 29 heavy (non-hydrogen) atoms. The standard InChI is InChI=1S/C23H32O6/c1-15-8-17(12-22(28-4)23(15)29-5)10-19(14-25)18(13-24)9-16-6-7-20(26-2)21(11-16)27-3/h6-8,11-12,18-19,24-25H,9-10,13-14H2,1-5H3. The third-order valence-corrected chi connectivity index (χ3v) is 5.30. The lowest BCUT2D eigenvalue weighted by molar-refractivity contribution is 0.119. The summed E-state index contributed by atoms with van der Waals surface area (Å²) in [6, 6.07) is 9.69. The average Bonchev–Trinajstić information content (AvgIpc) is 2.75. The highest BCUT2D eigenvalue weighted by atomic mass is 16.5. The molecule has 0 heterocycles. The topological polar surface area (TPSA) is 77.4 Å². The molecule has 6 nitrogen and oxygen atoms in total. The van der Waals surface area contributed by atoms with Gasteiger partial charge in [-0.15, -0.1) is 0 Å². The lowest BCUT2D eigenvalue weighted by Gasteiger charge is -2.25. The van der Waals surface area contributed by atoms with Gasteiger partial charge in [-0.2, -0.15) is 0 Å². The first-order valence-corrected chi connectivity index (χ1v) is 9.65. The summed E-state index contributed by atoms with van der Waals surface area (Å²) in [5.74, 6) is 2.48. The minimum Gasteiger partial charge on any atom is -0.493 e. The van der Waals surface area contributed by atoms with Gasteiger partial charge in [-0.05, 0) is 66.5 Å². The van der Waals surface area contributed by atoms with Gasteiger partial charge in [0, 0.05) is 13.2 Å². The zero-order valence-electron chi connectivity index (χ0n) is 17.9. The summed E-state index contributed by atoms with van der Waals surface area (Å²) in [5, 5.41) is 20.1. The second kappa shape index (κ2) is 10.9. The van der Waals surface area contributed by atoms with Crippen LogP contribution in [0, 0.1) is 18.8 Å². The lowest BCUT2D eigenvalue weighted by atomic mass is 9.83. The Balaban J connectivity index is 2.22. The maximum Gasteiger partial charge on any atom is 0.163 e. The fraction of sp³-hybridized carbons (Fsp3) is 0.478. The zero-order valence-corrected chi connectivity index (χ0v) is 17.9. The molecule has 0 aliphatic rings. The molecule has 160 valence electrons. The summed E-state index contributed by atoms with van der Waals surface area (Å²) >= 11 is 0. The lowest BCUT2D eigenvalue weighted by Crippen LogP contribution is -2.26. The number of hydrogen-bond donors (Lipinski definition) is 2. The van der Waals surface area contributed by atoms with Crippen LogP contribution in [0.1, 0.15) is 16.7 Å². The minimum absolute atomic E-state index is 0.0219. The van der Waals surface area contributed by atoms with Crippen LogP contribution in [0.2, 0.25) is 0 Å². The minimum atomic E-state index is -0.106. The second-order valence-corrected chi connectivity index (χ2v) is 7.13.